The van der Waals surface area contributed by atoms with Crippen LogP contribution in [0.15, 0.2) is 24.3 Å². The van der Waals surface area contributed by atoms with Crippen LogP contribution in [0.2, 0.25) is 0 Å². The lowest BCUT2D eigenvalue weighted by Crippen LogP contribution is -2.05. The Balaban J connectivity index is 1.93. The van der Waals surface area contributed by atoms with E-state index in [0.29, 0.717) is 24.6 Å². The number of aromatic amines is 1. The molecule has 2 aromatic rings. The third kappa shape index (κ3) is 3.51. The van der Waals surface area contributed by atoms with Crippen LogP contribution in [0.4, 0.5) is 5.82 Å². The number of fused-ring (bicyclic) bond motifs is 1. The highest BCUT2D eigenvalue weighted by Gasteiger charge is 2.03. The lowest BCUT2D eigenvalue weighted by Gasteiger charge is -2.05. The van der Waals surface area contributed by atoms with Crippen LogP contribution >= 0.6 is 0 Å². The largest absolute Gasteiger partial charge is 0.461 e. The molecule has 7 heteroatoms. The summed E-state index contributed by atoms with van der Waals surface area (Å²) >= 11 is 0. The van der Waals surface area contributed by atoms with Crippen LogP contribution in [0, 0.1) is 0 Å². The summed E-state index contributed by atoms with van der Waals surface area (Å²) in [5.41, 5.74) is 2.37. The number of carbonyl (C=O) groups is 1. The number of rotatable bonds is 5. The maximum absolute atomic E-state index is 10.7. The Hall–Kier alpha value is -2.44. The zero-order valence-electron chi connectivity index (χ0n) is 10.8. The van der Waals surface area contributed by atoms with Gasteiger partial charge in [0.1, 0.15) is 18.5 Å². The first-order chi connectivity index (χ1) is 9.16. The van der Waals surface area contributed by atoms with Crippen LogP contribution in [-0.2, 0) is 9.53 Å². The molecule has 2 heterocycles. The van der Waals surface area contributed by atoms with Gasteiger partial charge in [-0.15, -0.1) is 0 Å². The first-order valence-corrected chi connectivity index (χ1v) is 5.84. The smallest absolute Gasteiger partial charge is 0.302 e. The van der Waals surface area contributed by atoms with Crippen molar-refractivity contribution in [3.8, 4) is 0 Å². The van der Waals surface area contributed by atoms with E-state index in [1.54, 1.807) is 6.33 Å². The fraction of sp³-hybridized carbons (Fsp3) is 0.333. The standard InChI is InChI=1S/C12H15N5O2/c1-8(5-19-9(2)18)3-4-13-11-10-12(15-6-14-10)17-7-16-11/h3,6-7H,4-5H2,1-2H3,(H2,13,14,15,16,17)/b8-3+. The first-order valence-electron chi connectivity index (χ1n) is 5.84. The van der Waals surface area contributed by atoms with E-state index >= 15 is 0 Å². The summed E-state index contributed by atoms with van der Waals surface area (Å²) in [7, 11) is 0. The Morgan fingerprint density at radius 2 is 2.26 bits per heavy atom. The highest BCUT2D eigenvalue weighted by Crippen LogP contribution is 2.13. The van der Waals surface area contributed by atoms with Crippen LogP contribution in [0.3, 0.4) is 0 Å². The molecule has 0 bridgehead atoms. The van der Waals surface area contributed by atoms with E-state index in [1.807, 2.05) is 13.0 Å². The molecule has 0 atom stereocenters. The summed E-state index contributed by atoms with van der Waals surface area (Å²) < 4.78 is 4.89. The maximum atomic E-state index is 10.7. The Labute approximate surface area is 110 Å². The number of esters is 1. The van der Waals surface area contributed by atoms with Gasteiger partial charge in [0.2, 0.25) is 0 Å². The molecule has 100 valence electrons. The summed E-state index contributed by atoms with van der Waals surface area (Å²) in [6, 6.07) is 0. The van der Waals surface area contributed by atoms with Crippen molar-refractivity contribution in [3.05, 3.63) is 24.3 Å². The summed E-state index contributed by atoms with van der Waals surface area (Å²) in [6.07, 6.45) is 4.97. The quantitative estimate of drug-likeness (QED) is 0.622. The number of carbonyl (C=O) groups excluding carboxylic acids is 1. The molecule has 0 aliphatic carbocycles. The predicted molar refractivity (Wildman–Crippen MR) is 70.6 cm³/mol. The van der Waals surface area contributed by atoms with E-state index in [2.05, 4.69) is 25.3 Å². The van der Waals surface area contributed by atoms with Crippen LogP contribution in [-0.4, -0.2) is 39.1 Å². The summed E-state index contributed by atoms with van der Waals surface area (Å²) in [5.74, 6) is 0.412. The average Bonchev–Trinajstić information content (AvgIpc) is 2.85. The molecule has 0 radical (unpaired) electrons. The second-order valence-corrected chi connectivity index (χ2v) is 4.04. The highest BCUT2D eigenvalue weighted by molar-refractivity contribution is 5.81. The minimum atomic E-state index is -0.282. The molecule has 0 saturated heterocycles. The minimum Gasteiger partial charge on any atom is -0.461 e. The van der Waals surface area contributed by atoms with Crippen molar-refractivity contribution in [2.75, 3.05) is 18.5 Å². The van der Waals surface area contributed by atoms with Gasteiger partial charge in [-0.3, -0.25) is 4.79 Å². The number of H-pyrrole nitrogens is 1. The molecule has 0 aliphatic heterocycles. The summed E-state index contributed by atoms with van der Waals surface area (Å²) in [6.45, 7) is 4.18. The molecule has 0 aromatic carbocycles. The molecule has 7 nitrogen and oxygen atoms in total. The van der Waals surface area contributed by atoms with Gasteiger partial charge in [0.25, 0.3) is 0 Å². The molecule has 2 rings (SSSR count). The van der Waals surface area contributed by atoms with Crippen LogP contribution in [0.1, 0.15) is 13.8 Å². The molecule has 0 aliphatic rings. The Kier molecular flexibility index (Phi) is 4.07. The van der Waals surface area contributed by atoms with Crippen molar-refractivity contribution in [1.29, 1.82) is 0 Å². The van der Waals surface area contributed by atoms with Gasteiger partial charge in [0.15, 0.2) is 11.5 Å². The lowest BCUT2D eigenvalue weighted by molar-refractivity contribution is -0.139. The number of anilines is 1. The predicted octanol–water partition coefficient (Wildman–Crippen LogP) is 1.27. The van der Waals surface area contributed by atoms with Crippen LogP contribution < -0.4 is 5.32 Å². The molecule has 0 spiro atoms. The number of hydrogen-bond donors (Lipinski definition) is 2. The van der Waals surface area contributed by atoms with Gasteiger partial charge >= 0.3 is 5.97 Å². The van der Waals surface area contributed by atoms with E-state index < -0.39 is 0 Å². The number of hydrogen-bond acceptors (Lipinski definition) is 6. The van der Waals surface area contributed by atoms with Gasteiger partial charge in [0, 0.05) is 13.5 Å². The van der Waals surface area contributed by atoms with E-state index in [0.717, 1.165) is 11.1 Å². The van der Waals surface area contributed by atoms with Crippen LogP contribution in [0.25, 0.3) is 11.2 Å². The molecular weight excluding hydrogens is 246 g/mol. The third-order valence-corrected chi connectivity index (χ3v) is 2.45. The van der Waals surface area contributed by atoms with Gasteiger partial charge < -0.3 is 15.0 Å². The second kappa shape index (κ2) is 5.94. The van der Waals surface area contributed by atoms with Crippen molar-refractivity contribution >= 4 is 23.0 Å². The topological polar surface area (TPSA) is 92.8 Å². The van der Waals surface area contributed by atoms with Crippen LogP contribution in [0.5, 0.6) is 0 Å². The van der Waals surface area contributed by atoms with Gasteiger partial charge in [0.05, 0.1) is 6.33 Å². The molecular formula is C12H15N5O2. The summed E-state index contributed by atoms with van der Waals surface area (Å²) in [4.78, 5) is 25.9. The van der Waals surface area contributed by atoms with Crippen molar-refractivity contribution in [3.63, 3.8) is 0 Å². The van der Waals surface area contributed by atoms with E-state index in [4.69, 9.17) is 4.74 Å². The Bertz CT molecular complexity index is 605. The first kappa shape index (κ1) is 13.0. The number of ether oxygens (including phenoxy) is 1. The molecule has 19 heavy (non-hydrogen) atoms. The number of imidazole rings is 1. The Morgan fingerprint density at radius 3 is 3.05 bits per heavy atom. The third-order valence-electron chi connectivity index (χ3n) is 2.45. The van der Waals surface area contributed by atoms with Crippen molar-refractivity contribution in [2.45, 2.75) is 13.8 Å². The Morgan fingerprint density at radius 1 is 1.42 bits per heavy atom. The van der Waals surface area contributed by atoms with E-state index in [9.17, 15) is 4.79 Å². The number of aromatic nitrogens is 4. The fourth-order valence-corrected chi connectivity index (χ4v) is 1.50. The molecule has 2 N–H and O–H groups in total. The van der Waals surface area contributed by atoms with Crippen molar-refractivity contribution in [2.24, 2.45) is 0 Å². The van der Waals surface area contributed by atoms with Crippen molar-refractivity contribution in [1.82, 2.24) is 19.9 Å². The normalized spacial score (nSPS) is 11.6. The number of nitrogens with one attached hydrogen (secondary N) is 2. The zero-order chi connectivity index (χ0) is 13.7. The molecule has 0 amide bonds. The van der Waals surface area contributed by atoms with Crippen molar-refractivity contribution < 1.29 is 9.53 Å². The molecule has 0 fully saturated rings. The van der Waals surface area contributed by atoms with E-state index in [1.165, 1.54) is 13.3 Å². The molecule has 0 unspecified atom stereocenters. The second-order valence-electron chi connectivity index (χ2n) is 4.04. The lowest BCUT2D eigenvalue weighted by atomic mass is 10.3. The average molecular weight is 261 g/mol. The number of nitrogens with zero attached hydrogens (tertiary/aromatic N) is 3. The summed E-state index contributed by atoms with van der Waals surface area (Å²) in [5, 5.41) is 3.15. The monoisotopic (exact) mass is 261 g/mol. The fourth-order valence-electron chi connectivity index (χ4n) is 1.50. The maximum Gasteiger partial charge on any atom is 0.302 e. The van der Waals surface area contributed by atoms with Gasteiger partial charge in [-0.25, -0.2) is 15.0 Å². The molecule has 0 saturated carbocycles. The SMILES string of the molecule is CC(=O)OC/C(C)=C/CNc1ncnc2nc[nH]c12. The highest BCUT2D eigenvalue weighted by atomic mass is 16.5. The van der Waals surface area contributed by atoms with Gasteiger partial charge in [-0.2, -0.15) is 0 Å². The van der Waals surface area contributed by atoms with Gasteiger partial charge in [-0.05, 0) is 12.5 Å². The zero-order valence-corrected chi connectivity index (χ0v) is 10.8. The van der Waals surface area contributed by atoms with E-state index in [-0.39, 0.29) is 5.97 Å². The minimum absolute atomic E-state index is 0.282. The molecule has 2 aromatic heterocycles. The van der Waals surface area contributed by atoms with Gasteiger partial charge in [-0.1, -0.05) is 6.08 Å².